The van der Waals surface area contributed by atoms with E-state index in [4.69, 9.17) is 11.6 Å². The average Bonchev–Trinajstić information content (AvgIpc) is 2.74. The first-order valence-corrected chi connectivity index (χ1v) is 6.49. The Bertz CT molecular complexity index is 621. The summed E-state index contributed by atoms with van der Waals surface area (Å²) in [7, 11) is 0. The monoisotopic (exact) mass is 297 g/mol. The topological polar surface area (TPSA) is 54.9 Å². The Hall–Kier alpha value is -1.79. The Balaban J connectivity index is 2.08. The lowest BCUT2D eigenvalue weighted by molar-refractivity contribution is -0.111. The highest BCUT2D eigenvalue weighted by Gasteiger charge is 2.06. The summed E-state index contributed by atoms with van der Waals surface area (Å²) in [5.41, 5.74) is 0.174. The summed E-state index contributed by atoms with van der Waals surface area (Å²) in [5, 5.41) is 11.4. The fourth-order valence-electron chi connectivity index (χ4n) is 1.32. The Morgan fingerprint density at radius 3 is 2.89 bits per heavy atom. The summed E-state index contributed by atoms with van der Waals surface area (Å²) in [6.07, 6.45) is 2.52. The van der Waals surface area contributed by atoms with Gasteiger partial charge in [0.1, 0.15) is 10.8 Å². The molecule has 0 spiro atoms. The van der Waals surface area contributed by atoms with Crippen LogP contribution in [0.2, 0.25) is 5.02 Å². The molecular formula is C12H9ClFN3OS. The third kappa shape index (κ3) is 3.59. The van der Waals surface area contributed by atoms with Gasteiger partial charge in [0, 0.05) is 11.6 Å². The van der Waals surface area contributed by atoms with Gasteiger partial charge in [-0.2, -0.15) is 0 Å². The number of amides is 1. The number of aromatic nitrogens is 2. The number of benzene rings is 1. The van der Waals surface area contributed by atoms with Crippen LogP contribution in [0.25, 0.3) is 6.08 Å². The molecule has 0 saturated carbocycles. The van der Waals surface area contributed by atoms with Crippen molar-refractivity contribution in [2.75, 3.05) is 5.32 Å². The zero-order valence-corrected chi connectivity index (χ0v) is 11.4. The normalized spacial score (nSPS) is 10.9. The van der Waals surface area contributed by atoms with Crippen LogP contribution in [0.3, 0.4) is 0 Å². The molecule has 1 amide bonds. The number of nitrogens with zero attached hydrogens (tertiary/aromatic N) is 2. The van der Waals surface area contributed by atoms with Crippen LogP contribution in [-0.4, -0.2) is 16.1 Å². The third-order valence-electron chi connectivity index (χ3n) is 2.16. The van der Waals surface area contributed by atoms with Gasteiger partial charge in [-0.05, 0) is 25.1 Å². The highest BCUT2D eigenvalue weighted by atomic mass is 35.5. The van der Waals surface area contributed by atoms with E-state index in [-0.39, 0.29) is 10.6 Å². The summed E-state index contributed by atoms with van der Waals surface area (Å²) in [6, 6.07) is 4.33. The molecule has 0 fully saturated rings. The van der Waals surface area contributed by atoms with Crippen LogP contribution in [0.15, 0.2) is 24.3 Å². The minimum Gasteiger partial charge on any atom is -0.297 e. The van der Waals surface area contributed by atoms with Crippen molar-refractivity contribution in [1.82, 2.24) is 10.2 Å². The second kappa shape index (κ2) is 5.90. The largest absolute Gasteiger partial charge is 0.297 e. The van der Waals surface area contributed by atoms with E-state index in [0.29, 0.717) is 5.13 Å². The Morgan fingerprint density at radius 2 is 2.26 bits per heavy atom. The molecule has 0 bridgehead atoms. The van der Waals surface area contributed by atoms with Crippen molar-refractivity contribution < 1.29 is 9.18 Å². The van der Waals surface area contributed by atoms with Crippen LogP contribution in [0.5, 0.6) is 0 Å². The summed E-state index contributed by atoms with van der Waals surface area (Å²) >= 11 is 7.09. The molecule has 2 rings (SSSR count). The van der Waals surface area contributed by atoms with E-state index in [2.05, 4.69) is 15.5 Å². The van der Waals surface area contributed by atoms with Gasteiger partial charge in [0.25, 0.3) is 0 Å². The molecule has 0 saturated heterocycles. The number of hydrogen-bond donors (Lipinski definition) is 1. The lowest BCUT2D eigenvalue weighted by Gasteiger charge is -1.99. The highest BCUT2D eigenvalue weighted by Crippen LogP contribution is 2.20. The van der Waals surface area contributed by atoms with E-state index < -0.39 is 11.7 Å². The van der Waals surface area contributed by atoms with Crippen molar-refractivity contribution in [2.24, 2.45) is 0 Å². The predicted molar refractivity (Wildman–Crippen MR) is 73.7 cm³/mol. The molecule has 0 aliphatic rings. The van der Waals surface area contributed by atoms with E-state index in [1.165, 1.54) is 35.6 Å². The molecule has 98 valence electrons. The molecule has 0 aliphatic carbocycles. The molecule has 0 aliphatic heterocycles. The fourth-order valence-corrected chi connectivity index (χ4v) is 2.14. The van der Waals surface area contributed by atoms with Gasteiger partial charge < -0.3 is 0 Å². The molecule has 1 aromatic heterocycles. The van der Waals surface area contributed by atoms with Crippen LogP contribution < -0.4 is 5.32 Å². The molecule has 19 heavy (non-hydrogen) atoms. The van der Waals surface area contributed by atoms with Gasteiger partial charge in [0.2, 0.25) is 11.0 Å². The molecule has 0 unspecified atom stereocenters. The summed E-state index contributed by atoms with van der Waals surface area (Å²) in [5.74, 6) is -0.904. The molecule has 1 aromatic carbocycles. The highest BCUT2D eigenvalue weighted by molar-refractivity contribution is 7.15. The SMILES string of the molecule is Cc1nnc(NC(=O)/C=C/c2c(F)cccc2Cl)s1. The summed E-state index contributed by atoms with van der Waals surface area (Å²) < 4.78 is 13.4. The fraction of sp³-hybridized carbons (Fsp3) is 0.0833. The number of nitrogens with one attached hydrogen (secondary N) is 1. The average molecular weight is 298 g/mol. The van der Waals surface area contributed by atoms with E-state index >= 15 is 0 Å². The van der Waals surface area contributed by atoms with E-state index in [9.17, 15) is 9.18 Å². The van der Waals surface area contributed by atoms with Crippen molar-refractivity contribution in [3.05, 3.63) is 45.7 Å². The van der Waals surface area contributed by atoms with Crippen molar-refractivity contribution >= 4 is 40.1 Å². The van der Waals surface area contributed by atoms with Gasteiger partial charge in [-0.3, -0.25) is 10.1 Å². The predicted octanol–water partition coefficient (Wildman–Crippen LogP) is 3.29. The first-order chi connectivity index (χ1) is 9.06. The molecule has 2 aromatic rings. The molecule has 1 N–H and O–H groups in total. The number of carbonyl (C=O) groups excluding carboxylic acids is 1. The molecule has 4 nitrogen and oxygen atoms in total. The zero-order chi connectivity index (χ0) is 13.8. The van der Waals surface area contributed by atoms with Crippen molar-refractivity contribution in [2.45, 2.75) is 6.92 Å². The van der Waals surface area contributed by atoms with Gasteiger partial charge in [-0.15, -0.1) is 10.2 Å². The number of aryl methyl sites for hydroxylation is 1. The molecule has 0 radical (unpaired) electrons. The van der Waals surface area contributed by atoms with E-state index in [1.54, 1.807) is 13.0 Å². The molecule has 0 atom stereocenters. The third-order valence-corrected chi connectivity index (χ3v) is 3.24. The van der Waals surface area contributed by atoms with Crippen LogP contribution in [0.1, 0.15) is 10.6 Å². The lowest BCUT2D eigenvalue weighted by atomic mass is 10.2. The second-order valence-electron chi connectivity index (χ2n) is 3.58. The van der Waals surface area contributed by atoms with Gasteiger partial charge in [-0.1, -0.05) is 29.0 Å². The van der Waals surface area contributed by atoms with Gasteiger partial charge in [-0.25, -0.2) is 4.39 Å². The maximum Gasteiger partial charge on any atom is 0.250 e. The quantitative estimate of drug-likeness (QED) is 0.885. The minimum absolute atomic E-state index is 0.174. The smallest absolute Gasteiger partial charge is 0.250 e. The molecule has 1 heterocycles. The van der Waals surface area contributed by atoms with Crippen molar-refractivity contribution in [1.29, 1.82) is 0 Å². The number of carbonyl (C=O) groups is 1. The van der Waals surface area contributed by atoms with E-state index in [1.807, 2.05) is 0 Å². The summed E-state index contributed by atoms with van der Waals surface area (Å²) in [6.45, 7) is 1.78. The minimum atomic E-state index is -0.483. The lowest BCUT2D eigenvalue weighted by Crippen LogP contribution is -2.07. The Kier molecular flexibility index (Phi) is 4.24. The van der Waals surface area contributed by atoms with Crippen molar-refractivity contribution in [3.63, 3.8) is 0 Å². The summed E-state index contributed by atoms with van der Waals surface area (Å²) in [4.78, 5) is 11.6. The number of halogens is 2. The van der Waals surface area contributed by atoms with Crippen LogP contribution in [-0.2, 0) is 4.79 Å². The van der Waals surface area contributed by atoms with E-state index in [0.717, 1.165) is 5.01 Å². The zero-order valence-electron chi connectivity index (χ0n) is 9.85. The molecular weight excluding hydrogens is 289 g/mol. The van der Waals surface area contributed by atoms with Gasteiger partial charge in [0.15, 0.2) is 0 Å². The Morgan fingerprint density at radius 1 is 1.47 bits per heavy atom. The second-order valence-corrected chi connectivity index (χ2v) is 5.17. The first kappa shape index (κ1) is 13.6. The molecule has 7 heteroatoms. The first-order valence-electron chi connectivity index (χ1n) is 5.29. The van der Waals surface area contributed by atoms with Crippen LogP contribution >= 0.6 is 22.9 Å². The van der Waals surface area contributed by atoms with Crippen molar-refractivity contribution in [3.8, 4) is 0 Å². The maximum absolute atomic E-state index is 13.4. The van der Waals surface area contributed by atoms with Crippen LogP contribution in [0.4, 0.5) is 9.52 Å². The van der Waals surface area contributed by atoms with Crippen LogP contribution in [0, 0.1) is 12.7 Å². The maximum atomic E-state index is 13.4. The Labute approximate surface area is 117 Å². The van der Waals surface area contributed by atoms with Gasteiger partial charge in [0.05, 0.1) is 5.02 Å². The number of rotatable bonds is 3. The number of anilines is 1. The standard InChI is InChI=1S/C12H9ClFN3OS/c1-7-16-17-12(19-7)15-11(18)6-5-8-9(13)3-2-4-10(8)14/h2-6H,1H3,(H,15,17,18)/b6-5+. The van der Waals surface area contributed by atoms with Gasteiger partial charge >= 0.3 is 0 Å². The number of hydrogen-bond acceptors (Lipinski definition) is 4.